The van der Waals surface area contributed by atoms with Gasteiger partial charge in [0.25, 0.3) is 0 Å². The first-order valence-corrected chi connectivity index (χ1v) is 8.35. The first kappa shape index (κ1) is 17.6. The van der Waals surface area contributed by atoms with Crippen LogP contribution < -0.4 is 10.2 Å². The van der Waals surface area contributed by atoms with E-state index in [0.29, 0.717) is 19.0 Å². The Morgan fingerprint density at radius 2 is 2.12 bits per heavy atom. The number of benzene rings is 1. The number of nitrogens with one attached hydrogen (secondary N) is 1. The van der Waals surface area contributed by atoms with Crippen LogP contribution in [0.2, 0.25) is 5.02 Å². The Morgan fingerprint density at radius 3 is 2.88 bits per heavy atom. The number of anilines is 1. The summed E-state index contributed by atoms with van der Waals surface area (Å²) in [6, 6.07) is 6.17. The summed E-state index contributed by atoms with van der Waals surface area (Å²) in [5, 5.41) is 2.94. The number of amides is 1. The highest BCUT2D eigenvalue weighted by molar-refractivity contribution is 6.31. The van der Waals surface area contributed by atoms with Crippen LogP contribution in [0.25, 0.3) is 0 Å². The van der Waals surface area contributed by atoms with Crippen LogP contribution in [0, 0.1) is 5.82 Å². The Morgan fingerprint density at radius 1 is 1.32 bits per heavy atom. The molecule has 0 spiro atoms. The van der Waals surface area contributed by atoms with Crippen molar-refractivity contribution in [3.05, 3.63) is 52.7 Å². The summed E-state index contributed by atoms with van der Waals surface area (Å²) in [6.45, 7) is 3.05. The average Bonchev–Trinajstić information content (AvgIpc) is 2.64. The molecule has 1 aliphatic rings. The number of rotatable bonds is 5. The molecule has 2 heterocycles. The number of carbonyl (C=O) groups is 1. The number of morpholine rings is 1. The molecule has 0 saturated carbocycles. The summed E-state index contributed by atoms with van der Waals surface area (Å²) in [7, 11) is 0. The molecule has 1 fully saturated rings. The van der Waals surface area contributed by atoms with Crippen molar-refractivity contribution in [2.24, 2.45) is 0 Å². The van der Waals surface area contributed by atoms with Crippen LogP contribution in [-0.2, 0) is 22.5 Å². The zero-order valence-corrected chi connectivity index (χ0v) is 14.3. The third-order valence-electron chi connectivity index (χ3n) is 3.87. The predicted octanol–water partition coefficient (Wildman–Crippen LogP) is 1.96. The second-order valence-electron chi connectivity index (χ2n) is 5.58. The molecule has 3 rings (SSSR count). The van der Waals surface area contributed by atoms with Gasteiger partial charge < -0.3 is 15.0 Å². The van der Waals surface area contributed by atoms with Gasteiger partial charge in [0.1, 0.15) is 17.5 Å². The maximum atomic E-state index is 13.7. The Hall–Kier alpha value is -2.25. The van der Waals surface area contributed by atoms with Crippen LogP contribution in [0.5, 0.6) is 0 Å². The molecule has 132 valence electrons. The number of ether oxygens (including phenoxy) is 1. The van der Waals surface area contributed by atoms with Crippen molar-refractivity contribution >= 4 is 23.3 Å². The molecular weight excluding hydrogens is 347 g/mol. The maximum Gasteiger partial charge on any atom is 0.224 e. The highest BCUT2D eigenvalue weighted by Crippen LogP contribution is 2.19. The molecule has 0 aliphatic carbocycles. The van der Waals surface area contributed by atoms with Crippen molar-refractivity contribution in [1.82, 2.24) is 15.3 Å². The molecule has 1 saturated heterocycles. The van der Waals surface area contributed by atoms with E-state index in [1.54, 1.807) is 12.3 Å². The van der Waals surface area contributed by atoms with Crippen LogP contribution in [0.4, 0.5) is 10.2 Å². The van der Waals surface area contributed by atoms with Crippen molar-refractivity contribution < 1.29 is 13.9 Å². The number of halogens is 2. The van der Waals surface area contributed by atoms with E-state index in [-0.39, 0.29) is 29.5 Å². The van der Waals surface area contributed by atoms with E-state index in [4.69, 9.17) is 16.3 Å². The third-order valence-corrected chi connectivity index (χ3v) is 4.22. The van der Waals surface area contributed by atoms with Gasteiger partial charge in [0, 0.05) is 29.9 Å². The Labute approximate surface area is 150 Å². The van der Waals surface area contributed by atoms with Crippen molar-refractivity contribution in [3.8, 4) is 0 Å². The molecule has 2 aromatic rings. The number of nitrogens with zero attached hydrogens (tertiary/aromatic N) is 3. The molecule has 0 atom stereocenters. The van der Waals surface area contributed by atoms with E-state index in [0.717, 1.165) is 18.9 Å². The topological polar surface area (TPSA) is 67.4 Å². The third kappa shape index (κ3) is 4.64. The molecule has 0 radical (unpaired) electrons. The summed E-state index contributed by atoms with van der Waals surface area (Å²) < 4.78 is 19.1. The van der Waals surface area contributed by atoms with Crippen LogP contribution in [0.3, 0.4) is 0 Å². The van der Waals surface area contributed by atoms with Gasteiger partial charge in [-0.3, -0.25) is 4.79 Å². The second-order valence-corrected chi connectivity index (χ2v) is 5.99. The van der Waals surface area contributed by atoms with Gasteiger partial charge in [0.2, 0.25) is 5.91 Å². The number of aromatic nitrogens is 2. The van der Waals surface area contributed by atoms with Gasteiger partial charge >= 0.3 is 0 Å². The van der Waals surface area contributed by atoms with Gasteiger partial charge in [0.15, 0.2) is 0 Å². The predicted molar refractivity (Wildman–Crippen MR) is 92.0 cm³/mol. The Kier molecular flexibility index (Phi) is 5.78. The number of carbonyl (C=O) groups excluding carboxylic acids is 1. The van der Waals surface area contributed by atoms with Crippen LogP contribution in [0.15, 0.2) is 30.5 Å². The molecule has 1 aliphatic heterocycles. The summed E-state index contributed by atoms with van der Waals surface area (Å²) in [5.41, 5.74) is 0.185. The molecule has 1 amide bonds. The van der Waals surface area contributed by atoms with Crippen molar-refractivity contribution in [1.29, 1.82) is 0 Å². The van der Waals surface area contributed by atoms with E-state index in [9.17, 15) is 9.18 Å². The summed E-state index contributed by atoms with van der Waals surface area (Å²) in [4.78, 5) is 22.8. The lowest BCUT2D eigenvalue weighted by atomic mass is 10.1. The lowest BCUT2D eigenvalue weighted by Crippen LogP contribution is -2.37. The molecule has 0 unspecified atom stereocenters. The van der Waals surface area contributed by atoms with Crippen LogP contribution >= 0.6 is 11.6 Å². The first-order chi connectivity index (χ1) is 12.1. The minimum absolute atomic E-state index is 0.130. The summed E-state index contributed by atoms with van der Waals surface area (Å²) >= 11 is 5.94. The molecular formula is C17H18ClFN4O2. The molecule has 8 heteroatoms. The van der Waals surface area contributed by atoms with E-state index < -0.39 is 5.82 Å². The first-order valence-electron chi connectivity index (χ1n) is 7.97. The Balaban J connectivity index is 1.58. The van der Waals surface area contributed by atoms with E-state index in [2.05, 4.69) is 20.2 Å². The standard InChI is InChI=1S/C17H18ClFN4O2/c18-13-2-1-3-14(19)12(13)10-17(24)21-11-15-20-5-4-16(22-15)23-6-8-25-9-7-23/h1-5H,6-11H2,(H,21,24). The van der Waals surface area contributed by atoms with E-state index >= 15 is 0 Å². The fraction of sp³-hybridized carbons (Fsp3) is 0.353. The second kappa shape index (κ2) is 8.22. The smallest absolute Gasteiger partial charge is 0.224 e. The minimum atomic E-state index is -0.492. The fourth-order valence-electron chi connectivity index (χ4n) is 2.54. The van der Waals surface area contributed by atoms with Gasteiger partial charge in [0.05, 0.1) is 26.2 Å². The average molecular weight is 365 g/mol. The molecule has 1 aromatic carbocycles. The van der Waals surface area contributed by atoms with Crippen LogP contribution in [-0.4, -0.2) is 42.2 Å². The van der Waals surface area contributed by atoms with Crippen molar-refractivity contribution in [2.75, 3.05) is 31.2 Å². The quantitative estimate of drug-likeness (QED) is 0.878. The highest BCUT2D eigenvalue weighted by atomic mass is 35.5. The largest absolute Gasteiger partial charge is 0.378 e. The highest BCUT2D eigenvalue weighted by Gasteiger charge is 2.14. The SMILES string of the molecule is O=C(Cc1c(F)cccc1Cl)NCc1nccc(N2CCOCC2)n1. The maximum absolute atomic E-state index is 13.7. The number of hydrogen-bond donors (Lipinski definition) is 1. The summed E-state index contributed by atoms with van der Waals surface area (Å²) in [5.74, 6) is 0.470. The van der Waals surface area contributed by atoms with Crippen LogP contribution in [0.1, 0.15) is 11.4 Å². The van der Waals surface area contributed by atoms with E-state index in [1.807, 2.05) is 6.07 Å². The lowest BCUT2D eigenvalue weighted by Gasteiger charge is -2.27. The lowest BCUT2D eigenvalue weighted by molar-refractivity contribution is -0.120. The molecule has 0 bridgehead atoms. The fourth-order valence-corrected chi connectivity index (χ4v) is 2.77. The molecule has 6 nitrogen and oxygen atoms in total. The summed E-state index contributed by atoms with van der Waals surface area (Å²) in [6.07, 6.45) is 1.53. The van der Waals surface area contributed by atoms with Gasteiger partial charge in [-0.15, -0.1) is 0 Å². The van der Waals surface area contributed by atoms with E-state index in [1.165, 1.54) is 12.1 Å². The van der Waals surface area contributed by atoms with Crippen molar-refractivity contribution in [3.63, 3.8) is 0 Å². The normalized spacial score (nSPS) is 14.4. The minimum Gasteiger partial charge on any atom is -0.378 e. The molecule has 1 N–H and O–H groups in total. The molecule has 1 aromatic heterocycles. The zero-order valence-electron chi connectivity index (χ0n) is 13.5. The molecule has 25 heavy (non-hydrogen) atoms. The van der Waals surface area contributed by atoms with Gasteiger partial charge in [-0.1, -0.05) is 17.7 Å². The van der Waals surface area contributed by atoms with Gasteiger partial charge in [-0.2, -0.15) is 0 Å². The van der Waals surface area contributed by atoms with Crippen molar-refractivity contribution in [2.45, 2.75) is 13.0 Å². The van der Waals surface area contributed by atoms with Gasteiger partial charge in [-0.05, 0) is 18.2 Å². The zero-order chi connectivity index (χ0) is 17.6. The number of hydrogen-bond acceptors (Lipinski definition) is 5. The monoisotopic (exact) mass is 364 g/mol. The Bertz CT molecular complexity index is 733. The van der Waals surface area contributed by atoms with Gasteiger partial charge in [-0.25, -0.2) is 14.4 Å².